The number of allylic oxidation sites excluding steroid dienone is 1. The van der Waals surface area contributed by atoms with Crippen molar-refractivity contribution in [1.82, 2.24) is 19.9 Å². The van der Waals surface area contributed by atoms with Crippen molar-refractivity contribution in [2.45, 2.75) is 113 Å². The van der Waals surface area contributed by atoms with Crippen LogP contribution >= 0.6 is 11.6 Å². The molecule has 15 heteroatoms. The van der Waals surface area contributed by atoms with Gasteiger partial charge in [-0.15, -0.1) is 0 Å². The summed E-state index contributed by atoms with van der Waals surface area (Å²) in [5, 5.41) is 3.83. The van der Waals surface area contributed by atoms with Crippen molar-refractivity contribution in [3.05, 3.63) is 35.4 Å². The molecule has 4 N–H and O–H groups in total. The van der Waals surface area contributed by atoms with Crippen LogP contribution in [0.1, 0.15) is 78.6 Å². The number of methoxy groups -OCH3 is 1. The van der Waals surface area contributed by atoms with Gasteiger partial charge in [-0.05, 0) is 71.4 Å². The molecule has 4 aliphatic rings. The minimum Gasteiger partial charge on any atom is -0.493 e. The largest absolute Gasteiger partial charge is 0.493 e. The fourth-order valence-corrected chi connectivity index (χ4v) is 8.34. The molecule has 0 bridgehead atoms. The average molecular weight is 732 g/mol. The minimum absolute atomic E-state index is 0.0504. The Hall–Kier alpha value is -3.62. The van der Waals surface area contributed by atoms with E-state index in [9.17, 15) is 22.8 Å². The lowest BCUT2D eigenvalue weighted by atomic mass is 10.1. The number of hydrogen-bond acceptors (Lipinski definition) is 10. The summed E-state index contributed by atoms with van der Waals surface area (Å²) in [6.45, 7) is 5.38. The zero-order chi connectivity index (χ0) is 36.0. The van der Waals surface area contributed by atoms with Crippen LogP contribution in [-0.4, -0.2) is 84.3 Å². The summed E-state index contributed by atoms with van der Waals surface area (Å²) in [4.78, 5) is 47.8. The minimum atomic E-state index is -3.95. The first-order valence-corrected chi connectivity index (χ1v) is 19.2. The molecular weight excluding hydrogens is 686 g/mol. The quantitative estimate of drug-likeness (QED) is 0.339. The van der Waals surface area contributed by atoms with E-state index in [2.05, 4.69) is 15.0 Å². The molecule has 2 aliphatic carbocycles. The number of fused-ring (bicyclic) bond motifs is 3. The highest BCUT2D eigenvalue weighted by atomic mass is 35.5. The Morgan fingerprint density at radius 1 is 1.20 bits per heavy atom. The number of hydrogen-bond donors (Lipinski definition) is 3. The summed E-state index contributed by atoms with van der Waals surface area (Å²) < 4.78 is 45.4. The Morgan fingerprint density at radius 3 is 2.66 bits per heavy atom. The second-order valence-corrected chi connectivity index (χ2v) is 17.0. The second kappa shape index (κ2) is 13.8. The van der Waals surface area contributed by atoms with Crippen molar-refractivity contribution >= 4 is 50.2 Å². The van der Waals surface area contributed by atoms with E-state index in [-0.39, 0.29) is 31.4 Å². The third-order valence-electron chi connectivity index (χ3n) is 10.2. The van der Waals surface area contributed by atoms with Crippen molar-refractivity contribution in [2.24, 2.45) is 11.7 Å². The average Bonchev–Trinajstić information content (AvgIpc) is 3.93. The standard InChI is InChI=1S/C35H46ClN5O8S/c1-20(2)48-28-17-27(23-12-13-24(36)30(47-4)29(23)38-28)49-22-16-26-31(42)39-35(33(44)40-50(45,46)34(3)14-15-34)18-21(35)10-8-6-5-7-9-11-25(37)32(43)41(26)19-22/h8,10,12-13,17,20-22,25-26H,5-7,9,11,14-16,18-19,37H2,1-4H3,(H,39,42)(H,40,44). The number of carbonyl (C=O) groups excluding carboxylic acids is 3. The summed E-state index contributed by atoms with van der Waals surface area (Å²) in [6.07, 6.45) is 7.90. The van der Waals surface area contributed by atoms with Crippen LogP contribution in [0.3, 0.4) is 0 Å². The van der Waals surface area contributed by atoms with Crippen LogP contribution in [0.5, 0.6) is 17.4 Å². The summed E-state index contributed by atoms with van der Waals surface area (Å²) in [5.74, 6) is -1.12. The molecule has 3 amide bonds. The van der Waals surface area contributed by atoms with Crippen LogP contribution in [-0.2, 0) is 24.4 Å². The van der Waals surface area contributed by atoms with E-state index >= 15 is 0 Å². The third kappa shape index (κ3) is 7.11. The van der Waals surface area contributed by atoms with Gasteiger partial charge in [-0.3, -0.25) is 19.1 Å². The molecule has 272 valence electrons. The van der Waals surface area contributed by atoms with E-state index in [0.29, 0.717) is 46.7 Å². The molecule has 2 aromatic rings. The van der Waals surface area contributed by atoms with Gasteiger partial charge in [-0.1, -0.05) is 36.6 Å². The van der Waals surface area contributed by atoms with E-state index in [1.165, 1.54) is 12.0 Å². The zero-order valence-corrected chi connectivity index (χ0v) is 30.4. The number of nitrogens with one attached hydrogen (secondary N) is 2. The highest BCUT2D eigenvalue weighted by Gasteiger charge is 2.63. The Labute approximate surface area is 297 Å². The van der Waals surface area contributed by atoms with Gasteiger partial charge in [0, 0.05) is 23.8 Å². The fourth-order valence-electron chi connectivity index (χ4n) is 6.80. The number of benzene rings is 1. The SMILES string of the molecule is COc1c(Cl)ccc2c(OC3CC4C(=O)NC5(C(=O)NS(=O)(=O)C6(C)CC6)CC5C=CCCCCCC(N)C(=O)N4C3)cc(OC(C)C)nc12. The van der Waals surface area contributed by atoms with Crippen molar-refractivity contribution in [2.75, 3.05) is 13.7 Å². The van der Waals surface area contributed by atoms with E-state index in [1.54, 1.807) is 25.1 Å². The molecule has 6 rings (SSSR count). The fraction of sp³-hybridized carbons (Fsp3) is 0.600. The first kappa shape index (κ1) is 36.2. The topological polar surface area (TPSA) is 179 Å². The summed E-state index contributed by atoms with van der Waals surface area (Å²) in [7, 11) is -2.46. The summed E-state index contributed by atoms with van der Waals surface area (Å²) in [6, 6.07) is 3.21. The lowest BCUT2D eigenvalue weighted by molar-refractivity contribution is -0.140. The maximum absolute atomic E-state index is 14.2. The molecule has 3 heterocycles. The van der Waals surface area contributed by atoms with Crippen molar-refractivity contribution in [1.29, 1.82) is 0 Å². The van der Waals surface area contributed by atoms with E-state index in [4.69, 9.17) is 31.5 Å². The third-order valence-corrected chi connectivity index (χ3v) is 12.7. The van der Waals surface area contributed by atoms with Gasteiger partial charge in [-0.25, -0.2) is 13.4 Å². The van der Waals surface area contributed by atoms with Crippen LogP contribution in [0, 0.1) is 5.92 Å². The van der Waals surface area contributed by atoms with E-state index in [0.717, 1.165) is 25.7 Å². The molecule has 13 nitrogen and oxygen atoms in total. The molecule has 0 radical (unpaired) electrons. The highest BCUT2D eigenvalue weighted by Crippen LogP contribution is 2.48. The van der Waals surface area contributed by atoms with Gasteiger partial charge in [0.1, 0.15) is 29.0 Å². The van der Waals surface area contributed by atoms with Crippen LogP contribution < -0.4 is 30.0 Å². The molecule has 5 atom stereocenters. The molecule has 2 saturated carbocycles. The van der Waals surface area contributed by atoms with Gasteiger partial charge in [0.05, 0.1) is 35.6 Å². The lowest BCUT2D eigenvalue weighted by Gasteiger charge is -2.28. The Morgan fingerprint density at radius 2 is 1.96 bits per heavy atom. The van der Waals surface area contributed by atoms with Gasteiger partial charge < -0.3 is 30.2 Å². The monoisotopic (exact) mass is 731 g/mol. The highest BCUT2D eigenvalue weighted by molar-refractivity contribution is 7.91. The number of pyridine rings is 1. The maximum Gasteiger partial charge on any atom is 0.259 e. The number of nitrogens with zero attached hydrogens (tertiary/aromatic N) is 2. The van der Waals surface area contributed by atoms with Gasteiger partial charge >= 0.3 is 0 Å². The zero-order valence-electron chi connectivity index (χ0n) is 28.9. The molecule has 5 unspecified atom stereocenters. The number of amides is 3. The second-order valence-electron chi connectivity index (χ2n) is 14.4. The van der Waals surface area contributed by atoms with E-state index < -0.39 is 62.1 Å². The van der Waals surface area contributed by atoms with Crippen LogP contribution in [0.2, 0.25) is 5.02 Å². The molecular formula is C35H46ClN5O8S. The van der Waals surface area contributed by atoms with Gasteiger partial charge in [0.15, 0.2) is 5.75 Å². The number of aromatic nitrogens is 1. The number of sulfonamides is 1. The van der Waals surface area contributed by atoms with Crippen molar-refractivity contribution in [3.8, 4) is 17.4 Å². The smallest absolute Gasteiger partial charge is 0.259 e. The Bertz CT molecular complexity index is 1820. The number of ether oxygens (including phenoxy) is 3. The molecule has 50 heavy (non-hydrogen) atoms. The van der Waals surface area contributed by atoms with Crippen LogP contribution in [0.15, 0.2) is 30.4 Å². The maximum atomic E-state index is 14.2. The predicted molar refractivity (Wildman–Crippen MR) is 187 cm³/mol. The predicted octanol–water partition coefficient (Wildman–Crippen LogP) is 3.75. The van der Waals surface area contributed by atoms with Crippen LogP contribution in [0.4, 0.5) is 0 Å². The first-order valence-electron chi connectivity index (χ1n) is 17.3. The van der Waals surface area contributed by atoms with Crippen molar-refractivity contribution in [3.63, 3.8) is 0 Å². The molecule has 1 aromatic heterocycles. The lowest BCUT2D eigenvalue weighted by Crippen LogP contribution is -2.58. The summed E-state index contributed by atoms with van der Waals surface area (Å²) in [5.41, 5.74) is 5.36. The number of carbonyl (C=O) groups is 3. The molecule has 0 spiro atoms. The van der Waals surface area contributed by atoms with E-state index in [1.807, 2.05) is 26.0 Å². The van der Waals surface area contributed by atoms with Gasteiger partial charge in [0.2, 0.25) is 27.7 Å². The number of halogens is 1. The first-order chi connectivity index (χ1) is 23.7. The number of nitrogens with two attached hydrogens (primary N) is 1. The molecule has 1 aromatic carbocycles. The Balaban J connectivity index is 1.31. The van der Waals surface area contributed by atoms with Gasteiger partial charge in [-0.2, -0.15) is 0 Å². The van der Waals surface area contributed by atoms with Crippen LogP contribution in [0.25, 0.3) is 10.9 Å². The van der Waals surface area contributed by atoms with Gasteiger partial charge in [0.25, 0.3) is 5.91 Å². The number of rotatable bonds is 8. The Kier molecular flexibility index (Phi) is 10.0. The van der Waals surface area contributed by atoms with Crippen molar-refractivity contribution < 1.29 is 37.0 Å². The molecule has 2 aliphatic heterocycles. The molecule has 3 fully saturated rings. The normalized spacial score (nSPS) is 28.2. The summed E-state index contributed by atoms with van der Waals surface area (Å²) >= 11 is 6.42. The molecule has 1 saturated heterocycles.